The Kier molecular flexibility index (Phi) is 4.52. The van der Waals surface area contributed by atoms with E-state index in [9.17, 15) is 9.59 Å². The van der Waals surface area contributed by atoms with Gasteiger partial charge in [0, 0.05) is 24.4 Å². The third-order valence-corrected chi connectivity index (χ3v) is 3.30. The SMILES string of the molecule is O=C(COC(=O)c1cccnc1)c1ccc2c(c1)OCCCO2. The van der Waals surface area contributed by atoms with Gasteiger partial charge in [-0.2, -0.15) is 0 Å². The average molecular weight is 313 g/mol. The van der Waals surface area contributed by atoms with E-state index in [1.807, 2.05) is 0 Å². The summed E-state index contributed by atoms with van der Waals surface area (Å²) < 4.78 is 16.1. The van der Waals surface area contributed by atoms with Crippen molar-refractivity contribution in [2.45, 2.75) is 6.42 Å². The Morgan fingerprint density at radius 3 is 2.70 bits per heavy atom. The molecule has 23 heavy (non-hydrogen) atoms. The van der Waals surface area contributed by atoms with Crippen molar-refractivity contribution in [2.75, 3.05) is 19.8 Å². The third kappa shape index (κ3) is 3.66. The molecule has 0 amide bonds. The lowest BCUT2D eigenvalue weighted by Gasteiger charge is -2.09. The van der Waals surface area contributed by atoms with Crippen LogP contribution in [0.15, 0.2) is 42.7 Å². The first kappa shape index (κ1) is 15.0. The molecule has 0 N–H and O–H groups in total. The number of pyridine rings is 1. The van der Waals surface area contributed by atoms with Gasteiger partial charge in [0.25, 0.3) is 0 Å². The Labute approximate surface area is 133 Å². The van der Waals surface area contributed by atoms with E-state index in [1.54, 1.807) is 36.5 Å². The molecule has 3 rings (SSSR count). The van der Waals surface area contributed by atoms with Crippen LogP contribution in [0.4, 0.5) is 0 Å². The maximum Gasteiger partial charge on any atom is 0.340 e. The highest BCUT2D eigenvalue weighted by atomic mass is 16.5. The molecule has 0 fully saturated rings. The van der Waals surface area contributed by atoms with Gasteiger partial charge in [0.2, 0.25) is 0 Å². The Bertz CT molecular complexity index is 714. The van der Waals surface area contributed by atoms with Crippen molar-refractivity contribution in [3.8, 4) is 11.5 Å². The second-order valence-electron chi connectivity index (χ2n) is 4.95. The predicted molar refractivity (Wildman–Crippen MR) is 80.9 cm³/mol. The molecule has 0 aliphatic carbocycles. The molecular formula is C17H15NO5. The molecule has 0 spiro atoms. The Morgan fingerprint density at radius 2 is 1.91 bits per heavy atom. The number of hydrogen-bond acceptors (Lipinski definition) is 6. The van der Waals surface area contributed by atoms with Crippen LogP contribution in [0.25, 0.3) is 0 Å². The van der Waals surface area contributed by atoms with Crippen molar-refractivity contribution < 1.29 is 23.8 Å². The van der Waals surface area contributed by atoms with E-state index >= 15 is 0 Å². The molecule has 1 aromatic carbocycles. The Hall–Kier alpha value is -2.89. The number of aromatic nitrogens is 1. The van der Waals surface area contributed by atoms with Gasteiger partial charge in [-0.3, -0.25) is 9.78 Å². The second kappa shape index (κ2) is 6.91. The van der Waals surface area contributed by atoms with Crippen molar-refractivity contribution in [3.05, 3.63) is 53.9 Å². The number of fused-ring (bicyclic) bond motifs is 1. The summed E-state index contributed by atoms with van der Waals surface area (Å²) in [6.45, 7) is 0.789. The molecule has 0 atom stereocenters. The first-order valence-electron chi connectivity index (χ1n) is 7.24. The minimum Gasteiger partial charge on any atom is -0.490 e. The first-order chi connectivity index (χ1) is 11.2. The lowest BCUT2D eigenvalue weighted by Crippen LogP contribution is -2.14. The van der Waals surface area contributed by atoms with E-state index in [0.717, 1.165) is 6.42 Å². The number of Topliss-reactive ketones (excluding diaryl/α,β-unsaturated/α-hetero) is 1. The normalized spacial score (nSPS) is 13.0. The largest absolute Gasteiger partial charge is 0.490 e. The molecule has 6 heteroatoms. The van der Waals surface area contributed by atoms with Gasteiger partial charge in [0.1, 0.15) is 0 Å². The van der Waals surface area contributed by atoms with Crippen molar-refractivity contribution in [2.24, 2.45) is 0 Å². The van der Waals surface area contributed by atoms with E-state index in [1.165, 1.54) is 6.20 Å². The highest BCUT2D eigenvalue weighted by molar-refractivity contribution is 5.99. The molecule has 2 heterocycles. The van der Waals surface area contributed by atoms with E-state index in [0.29, 0.717) is 35.8 Å². The molecule has 0 bridgehead atoms. The molecule has 118 valence electrons. The summed E-state index contributed by atoms with van der Waals surface area (Å²) in [4.78, 5) is 27.8. The van der Waals surface area contributed by atoms with E-state index in [4.69, 9.17) is 14.2 Å². The molecule has 1 aliphatic heterocycles. The van der Waals surface area contributed by atoms with Crippen molar-refractivity contribution >= 4 is 11.8 Å². The molecule has 0 unspecified atom stereocenters. The summed E-state index contributed by atoms with van der Waals surface area (Å²) in [5.41, 5.74) is 0.715. The number of nitrogens with zero attached hydrogens (tertiary/aromatic N) is 1. The van der Waals surface area contributed by atoms with Gasteiger partial charge >= 0.3 is 5.97 Å². The fraction of sp³-hybridized carbons (Fsp3) is 0.235. The zero-order valence-electron chi connectivity index (χ0n) is 12.4. The van der Waals surface area contributed by atoms with Gasteiger partial charge in [0.15, 0.2) is 23.9 Å². The number of ketones is 1. The molecule has 0 radical (unpaired) electrons. The first-order valence-corrected chi connectivity index (χ1v) is 7.24. The van der Waals surface area contributed by atoms with Crippen molar-refractivity contribution in [1.82, 2.24) is 4.98 Å². The lowest BCUT2D eigenvalue weighted by molar-refractivity contribution is 0.0474. The number of carbonyl (C=O) groups is 2. The predicted octanol–water partition coefficient (Wildman–Crippen LogP) is 2.28. The number of benzene rings is 1. The lowest BCUT2D eigenvalue weighted by atomic mass is 10.1. The van der Waals surface area contributed by atoms with Gasteiger partial charge in [-0.1, -0.05) is 0 Å². The topological polar surface area (TPSA) is 74.7 Å². The summed E-state index contributed by atoms with van der Waals surface area (Å²) in [7, 11) is 0. The summed E-state index contributed by atoms with van der Waals surface area (Å²) in [6, 6.07) is 8.14. The zero-order valence-corrected chi connectivity index (χ0v) is 12.4. The van der Waals surface area contributed by atoms with Crippen LogP contribution >= 0.6 is 0 Å². The number of carbonyl (C=O) groups excluding carboxylic acids is 2. The van der Waals surface area contributed by atoms with E-state index < -0.39 is 5.97 Å². The number of rotatable bonds is 4. The van der Waals surface area contributed by atoms with Crippen molar-refractivity contribution in [1.29, 1.82) is 0 Å². The molecule has 2 aromatic rings. The summed E-state index contributed by atoms with van der Waals surface area (Å²) in [6.07, 6.45) is 3.74. The maximum atomic E-state index is 12.2. The fourth-order valence-corrected chi connectivity index (χ4v) is 2.12. The second-order valence-corrected chi connectivity index (χ2v) is 4.95. The van der Waals surface area contributed by atoms with Gasteiger partial charge < -0.3 is 14.2 Å². The minimum absolute atomic E-state index is 0.305. The van der Waals surface area contributed by atoms with Crippen LogP contribution in [-0.4, -0.2) is 36.6 Å². The average Bonchev–Trinajstić information content (AvgIpc) is 2.84. The standard InChI is InChI=1S/C17H15NO5/c19-14(11-23-17(20)13-3-1-6-18-10-13)12-4-5-15-16(9-12)22-8-2-7-21-15/h1,3-6,9-10H,2,7-8,11H2. The van der Waals surface area contributed by atoms with Gasteiger partial charge in [0.05, 0.1) is 18.8 Å². The highest BCUT2D eigenvalue weighted by Crippen LogP contribution is 2.30. The minimum atomic E-state index is -0.583. The number of ether oxygens (including phenoxy) is 3. The zero-order chi connectivity index (χ0) is 16.1. The van der Waals surface area contributed by atoms with Crippen LogP contribution in [0, 0.1) is 0 Å². The number of hydrogen-bond donors (Lipinski definition) is 0. The van der Waals surface area contributed by atoms with Crippen molar-refractivity contribution in [3.63, 3.8) is 0 Å². The van der Waals surface area contributed by atoms with Gasteiger partial charge in [-0.15, -0.1) is 0 Å². The van der Waals surface area contributed by atoms with Crippen LogP contribution in [0.5, 0.6) is 11.5 Å². The van der Waals surface area contributed by atoms with Crippen LogP contribution in [0.3, 0.4) is 0 Å². The molecule has 1 aromatic heterocycles. The summed E-state index contributed by atoms with van der Waals surface area (Å²) in [5, 5.41) is 0. The fourth-order valence-electron chi connectivity index (χ4n) is 2.12. The molecule has 1 aliphatic rings. The van der Waals surface area contributed by atoms with Gasteiger partial charge in [-0.05, 0) is 30.3 Å². The molecule has 0 saturated heterocycles. The van der Waals surface area contributed by atoms with Crippen LogP contribution < -0.4 is 9.47 Å². The summed E-state index contributed by atoms with van der Waals surface area (Å²) >= 11 is 0. The molecule has 6 nitrogen and oxygen atoms in total. The van der Waals surface area contributed by atoms with Crippen LogP contribution in [0.2, 0.25) is 0 Å². The third-order valence-electron chi connectivity index (χ3n) is 3.30. The Morgan fingerprint density at radius 1 is 1.09 bits per heavy atom. The van der Waals surface area contributed by atoms with Crippen LogP contribution in [0.1, 0.15) is 27.1 Å². The van der Waals surface area contributed by atoms with Crippen LogP contribution in [-0.2, 0) is 4.74 Å². The number of esters is 1. The quantitative estimate of drug-likeness (QED) is 0.637. The molecule has 0 saturated carbocycles. The van der Waals surface area contributed by atoms with E-state index in [2.05, 4.69) is 4.98 Å². The Balaban J connectivity index is 1.64. The maximum absolute atomic E-state index is 12.2. The van der Waals surface area contributed by atoms with E-state index in [-0.39, 0.29) is 12.4 Å². The smallest absolute Gasteiger partial charge is 0.340 e. The monoisotopic (exact) mass is 313 g/mol. The van der Waals surface area contributed by atoms with Gasteiger partial charge in [-0.25, -0.2) is 4.79 Å². The summed E-state index contributed by atoms with van der Waals surface area (Å²) in [5.74, 6) is 0.261. The highest BCUT2D eigenvalue weighted by Gasteiger charge is 2.16. The molecular weight excluding hydrogens is 298 g/mol.